The zero-order valence-electron chi connectivity index (χ0n) is 17.9. The SMILES string of the molecule is CSCCC(NC(=O)C(Cc1ccc(O)cc1)NC(=O)C(C)NC(=O)C(N)CO)C(=O)O. The average molecular weight is 471 g/mol. The van der Waals surface area contributed by atoms with Crippen molar-refractivity contribution in [3.05, 3.63) is 29.8 Å². The van der Waals surface area contributed by atoms with Gasteiger partial charge in [0, 0.05) is 6.42 Å². The van der Waals surface area contributed by atoms with Gasteiger partial charge >= 0.3 is 5.97 Å². The van der Waals surface area contributed by atoms with Crippen molar-refractivity contribution in [2.45, 2.75) is 43.9 Å². The highest BCUT2D eigenvalue weighted by Gasteiger charge is 2.28. The summed E-state index contributed by atoms with van der Waals surface area (Å²) in [6.07, 6.45) is 2.03. The van der Waals surface area contributed by atoms with E-state index in [1.165, 1.54) is 30.8 Å². The number of hydrogen-bond donors (Lipinski definition) is 7. The number of carboxylic acid groups (broad SMARTS) is 1. The van der Waals surface area contributed by atoms with E-state index in [1.807, 2.05) is 6.26 Å². The molecule has 1 aromatic rings. The van der Waals surface area contributed by atoms with Crippen molar-refractivity contribution < 1.29 is 34.5 Å². The number of amides is 3. The van der Waals surface area contributed by atoms with Gasteiger partial charge in [0.25, 0.3) is 0 Å². The van der Waals surface area contributed by atoms with E-state index >= 15 is 0 Å². The molecule has 12 heteroatoms. The number of benzene rings is 1. The molecule has 4 unspecified atom stereocenters. The molecular formula is C20H30N4O7S. The quantitative estimate of drug-likeness (QED) is 0.181. The second-order valence-electron chi connectivity index (χ2n) is 7.13. The molecule has 0 aliphatic carbocycles. The molecule has 178 valence electrons. The Morgan fingerprint density at radius 3 is 2.12 bits per heavy atom. The predicted octanol–water partition coefficient (Wildman–Crippen LogP) is -1.43. The second kappa shape index (κ2) is 13.6. The number of nitrogens with one attached hydrogen (secondary N) is 3. The number of aliphatic hydroxyl groups is 1. The van der Waals surface area contributed by atoms with E-state index in [-0.39, 0.29) is 18.6 Å². The number of phenols is 1. The van der Waals surface area contributed by atoms with Gasteiger partial charge in [-0.3, -0.25) is 14.4 Å². The van der Waals surface area contributed by atoms with Crippen LogP contribution in [-0.2, 0) is 25.6 Å². The van der Waals surface area contributed by atoms with Crippen molar-refractivity contribution in [3.63, 3.8) is 0 Å². The summed E-state index contributed by atoms with van der Waals surface area (Å²) in [5.74, 6) is -2.79. The minimum absolute atomic E-state index is 0.0174. The molecule has 0 saturated heterocycles. The van der Waals surface area contributed by atoms with Crippen molar-refractivity contribution in [1.29, 1.82) is 0 Å². The van der Waals surface area contributed by atoms with Crippen LogP contribution in [0.25, 0.3) is 0 Å². The molecule has 32 heavy (non-hydrogen) atoms. The number of carboxylic acids is 1. The van der Waals surface area contributed by atoms with Crippen LogP contribution in [0.2, 0.25) is 0 Å². The van der Waals surface area contributed by atoms with Gasteiger partial charge in [-0.1, -0.05) is 12.1 Å². The van der Waals surface area contributed by atoms with E-state index in [2.05, 4.69) is 16.0 Å². The van der Waals surface area contributed by atoms with Gasteiger partial charge in [0.15, 0.2) is 0 Å². The lowest BCUT2D eigenvalue weighted by molar-refractivity contribution is -0.142. The molecular weight excluding hydrogens is 440 g/mol. The highest BCUT2D eigenvalue weighted by molar-refractivity contribution is 7.98. The highest BCUT2D eigenvalue weighted by atomic mass is 32.2. The molecule has 11 nitrogen and oxygen atoms in total. The number of thioether (sulfide) groups is 1. The van der Waals surface area contributed by atoms with Crippen LogP contribution >= 0.6 is 11.8 Å². The van der Waals surface area contributed by atoms with E-state index in [0.717, 1.165) is 0 Å². The zero-order chi connectivity index (χ0) is 24.3. The molecule has 0 radical (unpaired) electrons. The fraction of sp³-hybridized carbons (Fsp3) is 0.500. The van der Waals surface area contributed by atoms with Crippen molar-refractivity contribution >= 4 is 35.5 Å². The predicted molar refractivity (Wildman–Crippen MR) is 119 cm³/mol. The summed E-state index contributed by atoms with van der Waals surface area (Å²) >= 11 is 1.43. The number of aliphatic hydroxyl groups excluding tert-OH is 1. The molecule has 0 aliphatic rings. The monoisotopic (exact) mass is 470 g/mol. The molecule has 3 amide bonds. The number of rotatable bonds is 13. The number of carbonyl (C=O) groups is 4. The standard InChI is InChI=1S/C20H30N4O7S/c1-11(22-18(28)14(21)10-25)17(27)24-16(9-12-3-5-13(26)6-4-12)19(29)23-15(20(30)31)7-8-32-2/h3-6,11,14-16,25-26H,7-10,21H2,1-2H3,(H,22,28)(H,23,29)(H,24,27)(H,30,31). The van der Waals surface area contributed by atoms with E-state index in [1.54, 1.807) is 12.1 Å². The van der Waals surface area contributed by atoms with Crippen LogP contribution in [-0.4, -0.2) is 81.8 Å². The lowest BCUT2D eigenvalue weighted by atomic mass is 10.0. The molecule has 0 aromatic heterocycles. The van der Waals surface area contributed by atoms with Gasteiger partial charge in [0.2, 0.25) is 17.7 Å². The van der Waals surface area contributed by atoms with Crippen molar-refractivity contribution in [2.75, 3.05) is 18.6 Å². The minimum atomic E-state index is -1.20. The smallest absolute Gasteiger partial charge is 0.326 e. The number of hydrogen-bond acceptors (Lipinski definition) is 8. The van der Waals surface area contributed by atoms with Crippen LogP contribution in [0.5, 0.6) is 5.75 Å². The molecule has 8 N–H and O–H groups in total. The molecule has 0 spiro atoms. The lowest BCUT2D eigenvalue weighted by Gasteiger charge is -2.24. The Balaban J connectivity index is 2.97. The van der Waals surface area contributed by atoms with E-state index in [4.69, 9.17) is 10.8 Å². The Hall–Kier alpha value is -2.83. The Labute approximate surface area is 190 Å². The Kier molecular flexibility index (Phi) is 11.5. The minimum Gasteiger partial charge on any atom is -0.508 e. The topological polar surface area (TPSA) is 191 Å². The maximum absolute atomic E-state index is 12.8. The summed E-state index contributed by atoms with van der Waals surface area (Å²) in [5, 5.41) is 35.1. The first-order chi connectivity index (χ1) is 15.1. The summed E-state index contributed by atoms with van der Waals surface area (Å²) in [7, 11) is 0. The molecule has 1 aromatic carbocycles. The molecule has 0 aliphatic heterocycles. The van der Waals surface area contributed by atoms with Gasteiger partial charge in [0.05, 0.1) is 6.61 Å². The highest BCUT2D eigenvalue weighted by Crippen LogP contribution is 2.12. The van der Waals surface area contributed by atoms with E-state index in [9.17, 15) is 29.4 Å². The fourth-order valence-corrected chi connectivity index (χ4v) is 3.08. The molecule has 1 rings (SSSR count). The number of aliphatic carboxylic acids is 1. The maximum atomic E-state index is 12.8. The van der Waals surface area contributed by atoms with Crippen LogP contribution in [0.3, 0.4) is 0 Å². The van der Waals surface area contributed by atoms with Crippen molar-refractivity contribution in [1.82, 2.24) is 16.0 Å². The van der Waals surface area contributed by atoms with Gasteiger partial charge in [-0.05, 0) is 43.0 Å². The first-order valence-corrected chi connectivity index (χ1v) is 11.3. The number of aromatic hydroxyl groups is 1. The molecule has 4 atom stereocenters. The van der Waals surface area contributed by atoms with Gasteiger partial charge in [0.1, 0.15) is 29.9 Å². The summed E-state index contributed by atoms with van der Waals surface area (Å²) in [6, 6.07) is 1.43. The lowest BCUT2D eigenvalue weighted by Crippen LogP contribution is -2.57. The van der Waals surface area contributed by atoms with Gasteiger partial charge in [-0.15, -0.1) is 0 Å². The largest absolute Gasteiger partial charge is 0.508 e. The third kappa shape index (κ3) is 9.12. The molecule has 0 heterocycles. The summed E-state index contributed by atoms with van der Waals surface area (Å²) in [6.45, 7) is 0.782. The number of phenolic OH excluding ortho intramolecular Hbond substituents is 1. The van der Waals surface area contributed by atoms with Crippen LogP contribution in [0.1, 0.15) is 18.9 Å². The van der Waals surface area contributed by atoms with Gasteiger partial charge in [-0.25, -0.2) is 4.79 Å². The third-order valence-electron chi connectivity index (χ3n) is 4.52. The van der Waals surface area contributed by atoms with Gasteiger partial charge < -0.3 is 37.0 Å². The summed E-state index contributed by atoms with van der Waals surface area (Å²) < 4.78 is 0. The Morgan fingerprint density at radius 1 is 1.00 bits per heavy atom. The summed E-state index contributed by atoms with van der Waals surface area (Å²) in [4.78, 5) is 48.7. The average Bonchev–Trinajstić information content (AvgIpc) is 2.76. The summed E-state index contributed by atoms with van der Waals surface area (Å²) in [5.41, 5.74) is 6.03. The fourth-order valence-electron chi connectivity index (χ4n) is 2.61. The van der Waals surface area contributed by atoms with Crippen LogP contribution in [0, 0.1) is 0 Å². The van der Waals surface area contributed by atoms with E-state index in [0.29, 0.717) is 11.3 Å². The van der Waals surface area contributed by atoms with Gasteiger partial charge in [-0.2, -0.15) is 11.8 Å². The normalized spacial score (nSPS) is 14.5. The number of carbonyl (C=O) groups excluding carboxylic acids is 3. The molecule has 0 bridgehead atoms. The maximum Gasteiger partial charge on any atom is 0.326 e. The zero-order valence-corrected chi connectivity index (χ0v) is 18.7. The Morgan fingerprint density at radius 2 is 1.59 bits per heavy atom. The van der Waals surface area contributed by atoms with E-state index < -0.39 is 54.5 Å². The number of nitrogens with two attached hydrogens (primary N) is 1. The van der Waals surface area contributed by atoms with Crippen molar-refractivity contribution in [3.8, 4) is 5.75 Å². The molecule has 0 fully saturated rings. The van der Waals surface area contributed by atoms with Crippen LogP contribution in [0.4, 0.5) is 0 Å². The first-order valence-electron chi connectivity index (χ1n) is 9.86. The van der Waals surface area contributed by atoms with Crippen LogP contribution < -0.4 is 21.7 Å². The third-order valence-corrected chi connectivity index (χ3v) is 5.16. The first kappa shape index (κ1) is 27.2. The van der Waals surface area contributed by atoms with Crippen molar-refractivity contribution in [2.24, 2.45) is 5.73 Å². The Bertz CT molecular complexity index is 791. The molecule has 0 saturated carbocycles. The van der Waals surface area contributed by atoms with Crippen LogP contribution in [0.15, 0.2) is 24.3 Å². The second-order valence-corrected chi connectivity index (χ2v) is 8.12.